The molecule has 0 aromatic heterocycles. The molecule has 2 aromatic carbocycles. The van der Waals surface area contributed by atoms with Gasteiger partial charge in [0.05, 0.1) is 3.57 Å². The summed E-state index contributed by atoms with van der Waals surface area (Å²) >= 11 is 5.52. The van der Waals surface area contributed by atoms with Crippen LogP contribution in [-0.4, -0.2) is 34.5 Å². The average molecular weight is 557 g/mol. The Hall–Kier alpha value is -2.40. The van der Waals surface area contributed by atoms with Gasteiger partial charge in [0.15, 0.2) is 0 Å². The maximum atomic E-state index is 12.2. The number of rotatable bonds is 6. The Morgan fingerprint density at radius 3 is 2.57 bits per heavy atom. The molecule has 144 valence electrons. The fourth-order valence-electron chi connectivity index (χ4n) is 2.48. The summed E-state index contributed by atoms with van der Waals surface area (Å²) in [6, 6.07) is 12.4. The standard InChI is InChI=1S/C19H14BrIN2O5/c20-13-4-1-11(2-5-13)10-28-16-6-3-12(7-14(16)21)8-15-18(26)23(9-17(24)25)19(27)22-15/h1-8H,9-10H2,(H,22,27)(H,24,25)/b15-8+. The molecule has 0 radical (unpaired) electrons. The maximum Gasteiger partial charge on any atom is 0.329 e. The van der Waals surface area contributed by atoms with Crippen LogP contribution in [0.3, 0.4) is 0 Å². The molecule has 3 rings (SSSR count). The molecule has 7 nitrogen and oxygen atoms in total. The van der Waals surface area contributed by atoms with E-state index >= 15 is 0 Å². The second-order valence-electron chi connectivity index (χ2n) is 5.88. The highest BCUT2D eigenvalue weighted by Gasteiger charge is 2.34. The van der Waals surface area contributed by atoms with Gasteiger partial charge < -0.3 is 15.2 Å². The number of hydrogen-bond acceptors (Lipinski definition) is 4. The van der Waals surface area contributed by atoms with E-state index < -0.39 is 24.5 Å². The summed E-state index contributed by atoms with van der Waals surface area (Å²) in [5.41, 5.74) is 1.75. The van der Waals surface area contributed by atoms with E-state index in [1.165, 1.54) is 6.08 Å². The predicted octanol–water partition coefficient (Wildman–Crippen LogP) is 3.61. The lowest BCUT2D eigenvalue weighted by atomic mass is 10.2. The Morgan fingerprint density at radius 2 is 1.93 bits per heavy atom. The number of aliphatic carboxylic acids is 1. The van der Waals surface area contributed by atoms with Gasteiger partial charge in [-0.25, -0.2) is 9.69 Å². The van der Waals surface area contributed by atoms with Crippen LogP contribution >= 0.6 is 38.5 Å². The Morgan fingerprint density at radius 1 is 1.21 bits per heavy atom. The van der Waals surface area contributed by atoms with Crippen molar-refractivity contribution in [1.29, 1.82) is 0 Å². The number of hydrogen-bond donors (Lipinski definition) is 2. The number of urea groups is 1. The number of benzene rings is 2. The highest BCUT2D eigenvalue weighted by atomic mass is 127. The minimum Gasteiger partial charge on any atom is -0.488 e. The molecule has 0 aliphatic carbocycles. The van der Waals surface area contributed by atoms with E-state index in [4.69, 9.17) is 9.84 Å². The van der Waals surface area contributed by atoms with Gasteiger partial charge in [0.25, 0.3) is 5.91 Å². The molecule has 9 heteroatoms. The zero-order valence-corrected chi connectivity index (χ0v) is 18.1. The van der Waals surface area contributed by atoms with Crippen LogP contribution in [0.1, 0.15) is 11.1 Å². The lowest BCUT2D eigenvalue weighted by molar-refractivity contribution is -0.140. The van der Waals surface area contributed by atoms with Crippen molar-refractivity contribution >= 4 is 62.5 Å². The largest absolute Gasteiger partial charge is 0.488 e. The van der Waals surface area contributed by atoms with Gasteiger partial charge in [-0.2, -0.15) is 0 Å². The molecule has 0 atom stereocenters. The molecule has 2 N–H and O–H groups in total. The molecule has 1 heterocycles. The van der Waals surface area contributed by atoms with E-state index in [0.29, 0.717) is 22.8 Å². The van der Waals surface area contributed by atoms with Gasteiger partial charge in [-0.05, 0) is 64.1 Å². The van der Waals surface area contributed by atoms with E-state index in [2.05, 4.69) is 43.8 Å². The first-order chi connectivity index (χ1) is 13.3. The van der Waals surface area contributed by atoms with Gasteiger partial charge in [-0.15, -0.1) is 0 Å². The third kappa shape index (κ3) is 4.90. The van der Waals surface area contributed by atoms with Crippen LogP contribution in [0.2, 0.25) is 0 Å². The first kappa shape index (κ1) is 20.3. The van der Waals surface area contributed by atoms with Crippen molar-refractivity contribution in [2.24, 2.45) is 0 Å². The van der Waals surface area contributed by atoms with Crippen molar-refractivity contribution in [1.82, 2.24) is 10.2 Å². The summed E-state index contributed by atoms with van der Waals surface area (Å²) in [5.74, 6) is -1.23. The van der Waals surface area contributed by atoms with Crippen LogP contribution in [0.4, 0.5) is 4.79 Å². The third-order valence-corrected chi connectivity index (χ3v) is 5.20. The van der Waals surface area contributed by atoms with Crippen molar-refractivity contribution in [3.05, 3.63) is 67.3 Å². The van der Waals surface area contributed by atoms with Crippen LogP contribution < -0.4 is 10.1 Å². The van der Waals surface area contributed by atoms with Crippen LogP contribution in [0.15, 0.2) is 52.6 Å². The monoisotopic (exact) mass is 556 g/mol. The minimum absolute atomic E-state index is 0.0329. The van der Waals surface area contributed by atoms with Crippen LogP contribution in [-0.2, 0) is 16.2 Å². The quantitative estimate of drug-likeness (QED) is 0.322. The molecular weight excluding hydrogens is 543 g/mol. The highest BCUT2D eigenvalue weighted by molar-refractivity contribution is 14.1. The molecular formula is C19H14BrIN2O5. The number of ether oxygens (including phenoxy) is 1. The second-order valence-corrected chi connectivity index (χ2v) is 7.96. The second kappa shape index (κ2) is 8.74. The number of halogens is 2. The van der Waals surface area contributed by atoms with Gasteiger partial charge in [-0.1, -0.05) is 34.1 Å². The van der Waals surface area contributed by atoms with Crippen molar-refractivity contribution in [2.45, 2.75) is 6.61 Å². The lowest BCUT2D eigenvalue weighted by Crippen LogP contribution is -2.35. The minimum atomic E-state index is -1.26. The van der Waals surface area contributed by atoms with Crippen molar-refractivity contribution in [3.8, 4) is 5.75 Å². The smallest absolute Gasteiger partial charge is 0.329 e. The molecule has 1 aliphatic heterocycles. The lowest BCUT2D eigenvalue weighted by Gasteiger charge is -2.09. The van der Waals surface area contributed by atoms with Crippen LogP contribution in [0.25, 0.3) is 6.08 Å². The summed E-state index contributed by atoms with van der Waals surface area (Å²) in [6.07, 6.45) is 1.50. The number of imide groups is 1. The molecule has 1 fully saturated rings. The van der Waals surface area contributed by atoms with Gasteiger partial charge in [0.1, 0.15) is 24.6 Å². The fraction of sp³-hybridized carbons (Fsp3) is 0.105. The molecule has 0 spiro atoms. The van der Waals surface area contributed by atoms with Gasteiger partial charge >= 0.3 is 12.0 Å². The number of nitrogens with one attached hydrogen (secondary N) is 1. The number of carboxylic acid groups (broad SMARTS) is 1. The summed E-state index contributed by atoms with van der Waals surface area (Å²) < 4.78 is 7.67. The van der Waals surface area contributed by atoms with Crippen molar-refractivity contribution in [3.63, 3.8) is 0 Å². The summed E-state index contributed by atoms with van der Waals surface area (Å²) in [7, 11) is 0. The number of carboxylic acids is 1. The molecule has 1 aliphatic rings. The van der Waals surface area contributed by atoms with E-state index in [9.17, 15) is 14.4 Å². The average Bonchev–Trinajstić information content (AvgIpc) is 2.89. The Labute approximate surface area is 182 Å². The Balaban J connectivity index is 1.71. The number of nitrogens with zero attached hydrogens (tertiary/aromatic N) is 1. The van der Waals surface area contributed by atoms with Gasteiger partial charge in [0, 0.05) is 4.47 Å². The number of amides is 3. The zero-order chi connectivity index (χ0) is 20.3. The summed E-state index contributed by atoms with van der Waals surface area (Å²) in [6.45, 7) is -0.259. The molecule has 1 saturated heterocycles. The molecule has 2 aromatic rings. The normalized spacial score (nSPS) is 15.1. The Kier molecular flexibility index (Phi) is 6.35. The zero-order valence-electron chi connectivity index (χ0n) is 14.3. The number of carbonyl (C=O) groups is 3. The third-order valence-electron chi connectivity index (χ3n) is 3.83. The molecule has 0 saturated carbocycles. The first-order valence-corrected chi connectivity index (χ1v) is 9.94. The van der Waals surface area contributed by atoms with Gasteiger partial charge in [0.2, 0.25) is 0 Å². The Bertz CT molecular complexity index is 975. The summed E-state index contributed by atoms with van der Waals surface area (Å²) in [4.78, 5) is 35.3. The highest BCUT2D eigenvalue weighted by Crippen LogP contribution is 2.25. The van der Waals surface area contributed by atoms with E-state index in [0.717, 1.165) is 13.6 Å². The van der Waals surface area contributed by atoms with E-state index in [-0.39, 0.29) is 5.70 Å². The van der Waals surface area contributed by atoms with Gasteiger partial charge in [-0.3, -0.25) is 9.59 Å². The number of carbonyl (C=O) groups excluding carboxylic acids is 2. The molecule has 0 unspecified atom stereocenters. The van der Waals surface area contributed by atoms with Crippen LogP contribution in [0.5, 0.6) is 5.75 Å². The first-order valence-electron chi connectivity index (χ1n) is 8.06. The fourth-order valence-corrected chi connectivity index (χ4v) is 3.44. The topological polar surface area (TPSA) is 95.9 Å². The van der Waals surface area contributed by atoms with Crippen LogP contribution in [0, 0.1) is 3.57 Å². The molecule has 3 amide bonds. The summed E-state index contributed by atoms with van der Waals surface area (Å²) in [5, 5.41) is 11.2. The molecule has 0 bridgehead atoms. The predicted molar refractivity (Wildman–Crippen MR) is 113 cm³/mol. The molecule has 28 heavy (non-hydrogen) atoms. The maximum absolute atomic E-state index is 12.2. The SMILES string of the molecule is O=C(O)CN1C(=O)N/C(=C/c2ccc(OCc3ccc(Br)cc3)c(I)c2)C1=O. The van der Waals surface area contributed by atoms with Crippen molar-refractivity contribution < 1.29 is 24.2 Å². The van der Waals surface area contributed by atoms with E-state index in [1.807, 2.05) is 30.3 Å². The van der Waals surface area contributed by atoms with Crippen molar-refractivity contribution in [2.75, 3.05) is 6.54 Å². The van der Waals surface area contributed by atoms with E-state index in [1.54, 1.807) is 12.1 Å².